The van der Waals surface area contributed by atoms with Crippen molar-refractivity contribution in [3.63, 3.8) is 0 Å². The maximum Gasteiger partial charge on any atom is 0.133 e. The molecule has 0 aliphatic rings. The Morgan fingerprint density at radius 3 is 2.57 bits per heavy atom. The van der Waals surface area contributed by atoms with Crippen LogP contribution in [0, 0.1) is 0 Å². The lowest BCUT2D eigenvalue weighted by Gasteiger charge is -2.07. The minimum atomic E-state index is 0.0705. The van der Waals surface area contributed by atoms with Crippen LogP contribution in [0.3, 0.4) is 0 Å². The van der Waals surface area contributed by atoms with Gasteiger partial charge in [0.25, 0.3) is 0 Å². The van der Waals surface area contributed by atoms with Gasteiger partial charge in [0.15, 0.2) is 0 Å². The average Bonchev–Trinajstić information content (AvgIpc) is 2.20. The SMILES string of the molecule is CCCC(C=O)Sc1ccc(Cl)cc1. The summed E-state index contributed by atoms with van der Waals surface area (Å²) in [4.78, 5) is 11.8. The van der Waals surface area contributed by atoms with Gasteiger partial charge in [-0.2, -0.15) is 0 Å². The predicted molar refractivity (Wildman–Crippen MR) is 62.1 cm³/mol. The summed E-state index contributed by atoms with van der Waals surface area (Å²) in [6.45, 7) is 2.08. The molecule has 1 nitrogen and oxygen atoms in total. The van der Waals surface area contributed by atoms with E-state index in [9.17, 15) is 4.79 Å². The molecule has 0 amide bonds. The van der Waals surface area contributed by atoms with Gasteiger partial charge in [0.1, 0.15) is 6.29 Å². The molecule has 1 rings (SSSR count). The first-order chi connectivity index (χ1) is 6.76. The number of benzene rings is 1. The topological polar surface area (TPSA) is 17.1 Å². The lowest BCUT2D eigenvalue weighted by Crippen LogP contribution is -2.02. The van der Waals surface area contributed by atoms with Crippen molar-refractivity contribution < 1.29 is 4.79 Å². The Labute approximate surface area is 93.8 Å². The zero-order valence-electron chi connectivity index (χ0n) is 8.07. The third-order valence-electron chi connectivity index (χ3n) is 1.83. The zero-order chi connectivity index (χ0) is 10.4. The first-order valence-electron chi connectivity index (χ1n) is 4.63. The zero-order valence-corrected chi connectivity index (χ0v) is 9.65. The molecule has 0 fully saturated rings. The molecule has 14 heavy (non-hydrogen) atoms. The summed E-state index contributed by atoms with van der Waals surface area (Å²) in [6, 6.07) is 7.58. The number of rotatable bonds is 5. The van der Waals surface area contributed by atoms with Crippen LogP contribution in [0.1, 0.15) is 19.8 Å². The largest absolute Gasteiger partial charge is 0.302 e. The van der Waals surface area contributed by atoms with E-state index in [0.717, 1.165) is 29.0 Å². The monoisotopic (exact) mass is 228 g/mol. The molecule has 0 bridgehead atoms. The molecule has 0 heterocycles. The van der Waals surface area contributed by atoms with Gasteiger partial charge in [-0.1, -0.05) is 24.9 Å². The van der Waals surface area contributed by atoms with E-state index in [1.165, 1.54) is 0 Å². The quantitative estimate of drug-likeness (QED) is 0.563. The molecular weight excluding hydrogens is 216 g/mol. The van der Waals surface area contributed by atoms with E-state index >= 15 is 0 Å². The summed E-state index contributed by atoms with van der Waals surface area (Å²) < 4.78 is 0. The van der Waals surface area contributed by atoms with Crippen molar-refractivity contribution in [1.82, 2.24) is 0 Å². The molecule has 0 aliphatic heterocycles. The highest BCUT2D eigenvalue weighted by Gasteiger charge is 2.07. The molecule has 1 aromatic carbocycles. The third-order valence-corrected chi connectivity index (χ3v) is 3.27. The highest BCUT2D eigenvalue weighted by molar-refractivity contribution is 8.00. The predicted octanol–water partition coefficient (Wildman–Crippen LogP) is 3.80. The summed E-state index contributed by atoms with van der Waals surface area (Å²) >= 11 is 7.36. The van der Waals surface area contributed by atoms with E-state index in [-0.39, 0.29) is 5.25 Å². The van der Waals surface area contributed by atoms with Crippen LogP contribution >= 0.6 is 23.4 Å². The molecule has 0 saturated carbocycles. The molecule has 0 spiro atoms. The van der Waals surface area contributed by atoms with Crippen LogP contribution in [0.4, 0.5) is 0 Å². The van der Waals surface area contributed by atoms with Crippen molar-refractivity contribution in [3.05, 3.63) is 29.3 Å². The van der Waals surface area contributed by atoms with Crippen LogP contribution in [0.5, 0.6) is 0 Å². The molecule has 76 valence electrons. The van der Waals surface area contributed by atoms with Gasteiger partial charge < -0.3 is 4.79 Å². The minimum Gasteiger partial charge on any atom is -0.302 e. The fraction of sp³-hybridized carbons (Fsp3) is 0.364. The molecule has 3 heteroatoms. The van der Waals surface area contributed by atoms with E-state index < -0.39 is 0 Å². The Morgan fingerprint density at radius 2 is 2.07 bits per heavy atom. The van der Waals surface area contributed by atoms with E-state index in [4.69, 9.17) is 11.6 Å². The van der Waals surface area contributed by atoms with Gasteiger partial charge in [0.2, 0.25) is 0 Å². The Bertz CT molecular complexity index is 284. The summed E-state index contributed by atoms with van der Waals surface area (Å²) in [7, 11) is 0. The molecule has 0 aliphatic carbocycles. The molecular formula is C11H13ClOS. The second-order valence-corrected chi connectivity index (χ2v) is 4.78. The molecule has 1 unspecified atom stereocenters. The minimum absolute atomic E-state index is 0.0705. The van der Waals surface area contributed by atoms with Crippen LogP contribution in [0.25, 0.3) is 0 Å². The number of thioether (sulfide) groups is 1. The van der Waals surface area contributed by atoms with Gasteiger partial charge in [-0.3, -0.25) is 0 Å². The van der Waals surface area contributed by atoms with Gasteiger partial charge in [-0.05, 0) is 30.7 Å². The highest BCUT2D eigenvalue weighted by atomic mass is 35.5. The average molecular weight is 229 g/mol. The summed E-state index contributed by atoms with van der Waals surface area (Å²) in [5.41, 5.74) is 0. The molecule has 0 saturated heterocycles. The Hall–Kier alpha value is -0.470. The smallest absolute Gasteiger partial charge is 0.133 e. The number of hydrogen-bond donors (Lipinski definition) is 0. The molecule has 1 aromatic rings. The second-order valence-electron chi connectivity index (χ2n) is 3.03. The maximum atomic E-state index is 10.7. The standard InChI is InChI=1S/C11H13ClOS/c1-2-3-11(8-13)14-10-6-4-9(12)5-7-10/h4-8,11H,2-3H2,1H3. The van der Waals surface area contributed by atoms with Crippen LogP contribution in [-0.2, 0) is 4.79 Å². The molecule has 0 N–H and O–H groups in total. The van der Waals surface area contributed by atoms with Gasteiger partial charge in [-0.15, -0.1) is 11.8 Å². The van der Waals surface area contributed by atoms with Crippen molar-refractivity contribution in [1.29, 1.82) is 0 Å². The van der Waals surface area contributed by atoms with Crippen molar-refractivity contribution in [2.24, 2.45) is 0 Å². The first-order valence-corrected chi connectivity index (χ1v) is 5.89. The maximum absolute atomic E-state index is 10.7. The first kappa shape index (κ1) is 11.6. The Balaban J connectivity index is 2.57. The van der Waals surface area contributed by atoms with Gasteiger partial charge in [-0.25, -0.2) is 0 Å². The fourth-order valence-electron chi connectivity index (χ4n) is 1.13. The summed E-state index contributed by atoms with van der Waals surface area (Å²) in [5.74, 6) is 0. The Morgan fingerprint density at radius 1 is 1.43 bits per heavy atom. The fourth-order valence-corrected chi connectivity index (χ4v) is 2.31. The van der Waals surface area contributed by atoms with Crippen molar-refractivity contribution in [2.45, 2.75) is 29.9 Å². The highest BCUT2D eigenvalue weighted by Crippen LogP contribution is 2.26. The van der Waals surface area contributed by atoms with Gasteiger partial charge >= 0.3 is 0 Å². The van der Waals surface area contributed by atoms with E-state index in [1.807, 2.05) is 24.3 Å². The lowest BCUT2D eigenvalue weighted by molar-refractivity contribution is -0.107. The summed E-state index contributed by atoms with van der Waals surface area (Å²) in [5, 5.41) is 0.800. The molecule has 0 radical (unpaired) electrons. The van der Waals surface area contributed by atoms with Crippen molar-refractivity contribution in [3.8, 4) is 0 Å². The Kier molecular flexibility index (Phi) is 5.05. The molecule has 1 atom stereocenters. The number of hydrogen-bond acceptors (Lipinski definition) is 2. The number of aldehydes is 1. The van der Waals surface area contributed by atoms with Crippen LogP contribution < -0.4 is 0 Å². The lowest BCUT2D eigenvalue weighted by atomic mass is 10.3. The van der Waals surface area contributed by atoms with Gasteiger partial charge in [0, 0.05) is 9.92 Å². The van der Waals surface area contributed by atoms with Crippen molar-refractivity contribution in [2.75, 3.05) is 0 Å². The third kappa shape index (κ3) is 3.72. The van der Waals surface area contributed by atoms with Crippen LogP contribution in [-0.4, -0.2) is 11.5 Å². The second kappa shape index (κ2) is 6.10. The number of carbonyl (C=O) groups is 1. The number of halogens is 1. The van der Waals surface area contributed by atoms with E-state index in [0.29, 0.717) is 0 Å². The van der Waals surface area contributed by atoms with Crippen LogP contribution in [0.2, 0.25) is 5.02 Å². The van der Waals surface area contributed by atoms with Crippen LogP contribution in [0.15, 0.2) is 29.2 Å². The van der Waals surface area contributed by atoms with Gasteiger partial charge in [0.05, 0.1) is 5.25 Å². The normalized spacial score (nSPS) is 12.4. The number of carbonyl (C=O) groups excluding carboxylic acids is 1. The van der Waals surface area contributed by atoms with E-state index in [2.05, 4.69) is 6.92 Å². The van der Waals surface area contributed by atoms with E-state index in [1.54, 1.807) is 11.8 Å². The van der Waals surface area contributed by atoms with Crippen molar-refractivity contribution >= 4 is 29.6 Å². The summed E-state index contributed by atoms with van der Waals surface area (Å²) in [6.07, 6.45) is 2.98. The molecule has 0 aromatic heterocycles.